The van der Waals surface area contributed by atoms with Crippen LogP contribution < -0.4 is 0 Å². The highest BCUT2D eigenvalue weighted by atomic mass is 19.3. The maximum Gasteiger partial charge on any atom is 0.280 e. The first-order valence-electron chi connectivity index (χ1n) is 9.32. The molecule has 0 spiro atoms. The van der Waals surface area contributed by atoms with Crippen molar-refractivity contribution in [2.75, 3.05) is 7.05 Å². The minimum absolute atomic E-state index is 0.103. The molecule has 7 nitrogen and oxygen atoms in total. The average Bonchev–Trinajstić information content (AvgIpc) is 3.29. The van der Waals surface area contributed by atoms with E-state index in [0.717, 1.165) is 15.8 Å². The van der Waals surface area contributed by atoms with Crippen LogP contribution in [0, 0.1) is 6.92 Å². The van der Waals surface area contributed by atoms with Crippen LogP contribution in [0.2, 0.25) is 0 Å². The number of nitrogens with zero attached hydrogens (tertiary/aromatic N) is 6. The molecule has 0 N–H and O–H groups in total. The number of aromatic nitrogens is 5. The van der Waals surface area contributed by atoms with E-state index in [1.54, 1.807) is 36.0 Å². The molecule has 4 rings (SSSR count). The lowest BCUT2D eigenvalue weighted by molar-refractivity contribution is 0.0786. The minimum Gasteiger partial charge on any atom is -0.337 e. The summed E-state index contributed by atoms with van der Waals surface area (Å²) in [7, 11) is 3.46. The summed E-state index contributed by atoms with van der Waals surface area (Å²) < 4.78 is 30.1. The Hall–Kier alpha value is -3.62. The largest absolute Gasteiger partial charge is 0.337 e. The van der Waals surface area contributed by atoms with Gasteiger partial charge in [0, 0.05) is 38.0 Å². The van der Waals surface area contributed by atoms with Crippen molar-refractivity contribution in [3.63, 3.8) is 0 Å². The number of aryl methyl sites for hydroxylation is 2. The molecule has 0 aliphatic rings. The number of halogens is 2. The Labute approximate surface area is 171 Å². The van der Waals surface area contributed by atoms with Crippen LogP contribution in [-0.4, -0.2) is 42.2 Å². The third-order valence-corrected chi connectivity index (χ3v) is 4.89. The van der Waals surface area contributed by atoms with E-state index in [9.17, 15) is 13.6 Å². The Morgan fingerprint density at radius 3 is 2.60 bits per heavy atom. The summed E-state index contributed by atoms with van der Waals surface area (Å²) in [6.45, 7) is 2.20. The van der Waals surface area contributed by atoms with Gasteiger partial charge in [-0.15, -0.1) is 0 Å². The summed E-state index contributed by atoms with van der Waals surface area (Å²) in [5, 5.41) is 8.30. The summed E-state index contributed by atoms with van der Waals surface area (Å²) >= 11 is 0. The minimum atomic E-state index is -2.77. The van der Waals surface area contributed by atoms with Gasteiger partial charge in [-0.3, -0.25) is 9.48 Å². The Morgan fingerprint density at radius 2 is 1.97 bits per heavy atom. The van der Waals surface area contributed by atoms with Crippen molar-refractivity contribution in [2.45, 2.75) is 19.9 Å². The molecule has 0 aliphatic heterocycles. The van der Waals surface area contributed by atoms with Gasteiger partial charge < -0.3 is 4.90 Å². The second-order valence-electron chi connectivity index (χ2n) is 7.10. The van der Waals surface area contributed by atoms with E-state index in [4.69, 9.17) is 0 Å². The second kappa shape index (κ2) is 7.66. The van der Waals surface area contributed by atoms with E-state index < -0.39 is 6.43 Å². The zero-order valence-electron chi connectivity index (χ0n) is 16.8. The van der Waals surface area contributed by atoms with Crippen molar-refractivity contribution in [2.24, 2.45) is 7.05 Å². The first-order chi connectivity index (χ1) is 14.3. The van der Waals surface area contributed by atoms with Crippen molar-refractivity contribution in [1.82, 2.24) is 29.3 Å². The fraction of sp³-hybridized carbons (Fsp3) is 0.238. The Morgan fingerprint density at radius 1 is 1.23 bits per heavy atom. The molecule has 0 saturated heterocycles. The Balaban J connectivity index is 1.76. The Bertz CT molecular complexity index is 1220. The van der Waals surface area contributed by atoms with Crippen molar-refractivity contribution >= 4 is 11.6 Å². The summed E-state index contributed by atoms with van der Waals surface area (Å²) in [4.78, 5) is 19.1. The van der Waals surface area contributed by atoms with Crippen molar-refractivity contribution in [3.8, 4) is 11.3 Å². The van der Waals surface area contributed by atoms with Crippen LogP contribution in [0.25, 0.3) is 16.9 Å². The molecule has 0 saturated carbocycles. The quantitative estimate of drug-likeness (QED) is 0.504. The van der Waals surface area contributed by atoms with Crippen LogP contribution in [0.5, 0.6) is 0 Å². The number of carbonyl (C=O) groups is 1. The predicted molar refractivity (Wildman–Crippen MR) is 107 cm³/mol. The van der Waals surface area contributed by atoms with Gasteiger partial charge in [-0.2, -0.15) is 10.2 Å². The molecular formula is C21H20F2N6O. The van der Waals surface area contributed by atoms with Crippen molar-refractivity contribution < 1.29 is 13.6 Å². The molecule has 4 aromatic rings. The zero-order valence-corrected chi connectivity index (χ0v) is 16.8. The zero-order chi connectivity index (χ0) is 21.4. The summed E-state index contributed by atoms with van der Waals surface area (Å²) in [5.41, 5.74) is 2.71. The molecule has 30 heavy (non-hydrogen) atoms. The molecule has 0 fully saturated rings. The fourth-order valence-corrected chi connectivity index (χ4v) is 3.39. The lowest BCUT2D eigenvalue weighted by atomic mass is 10.1. The lowest BCUT2D eigenvalue weighted by Crippen LogP contribution is -2.26. The summed E-state index contributed by atoms with van der Waals surface area (Å²) in [5.74, 6) is -0.355. The van der Waals surface area contributed by atoms with E-state index >= 15 is 0 Å². The molecule has 0 radical (unpaired) electrons. The molecule has 9 heteroatoms. The number of hydrogen-bond acceptors (Lipinski definition) is 4. The molecule has 3 aromatic heterocycles. The van der Waals surface area contributed by atoms with Crippen molar-refractivity contribution in [3.05, 3.63) is 71.3 Å². The summed E-state index contributed by atoms with van der Waals surface area (Å²) in [6, 6.07) is 10.3. The number of benzene rings is 1. The van der Waals surface area contributed by atoms with Crippen LogP contribution >= 0.6 is 0 Å². The van der Waals surface area contributed by atoms with Crippen LogP contribution in [0.1, 0.15) is 33.7 Å². The maximum absolute atomic E-state index is 13.7. The third kappa shape index (κ3) is 3.54. The highest BCUT2D eigenvalue weighted by molar-refractivity contribution is 5.99. The van der Waals surface area contributed by atoms with E-state index in [-0.39, 0.29) is 22.8 Å². The predicted octanol–water partition coefficient (Wildman–Crippen LogP) is 3.65. The van der Waals surface area contributed by atoms with Gasteiger partial charge >= 0.3 is 0 Å². The van der Waals surface area contributed by atoms with Crippen LogP contribution in [0.15, 0.2) is 48.8 Å². The van der Waals surface area contributed by atoms with Gasteiger partial charge in [0.05, 0.1) is 17.6 Å². The standard InChI is InChI=1S/C21H20F2N6O/c1-13-15(12-28(3)26-13)11-27(2)21(30)16-10-24-29-18(19(22)23)9-17(25-20(16)29)14-7-5-4-6-8-14/h4-10,12,19H,11H2,1-3H3. The van der Waals surface area contributed by atoms with Gasteiger partial charge in [-0.1, -0.05) is 30.3 Å². The normalized spacial score (nSPS) is 11.4. The number of carbonyl (C=O) groups excluding carboxylic acids is 1. The SMILES string of the molecule is Cc1nn(C)cc1CN(C)C(=O)c1cnn2c(C(F)F)cc(-c3ccccc3)nc12. The molecule has 0 atom stereocenters. The molecule has 0 aliphatic carbocycles. The molecule has 3 heterocycles. The van der Waals surface area contributed by atoms with E-state index in [2.05, 4.69) is 15.2 Å². The molecule has 154 valence electrons. The van der Waals surface area contributed by atoms with Gasteiger partial charge in [0.1, 0.15) is 11.3 Å². The summed E-state index contributed by atoms with van der Waals surface area (Å²) in [6.07, 6.45) is 0.366. The highest BCUT2D eigenvalue weighted by Gasteiger charge is 2.24. The van der Waals surface area contributed by atoms with E-state index in [1.807, 2.05) is 26.2 Å². The molecule has 1 amide bonds. The highest BCUT2D eigenvalue weighted by Crippen LogP contribution is 2.27. The number of fused-ring (bicyclic) bond motifs is 1. The van der Waals surface area contributed by atoms with Gasteiger partial charge in [0.25, 0.3) is 12.3 Å². The van der Waals surface area contributed by atoms with Crippen LogP contribution in [-0.2, 0) is 13.6 Å². The van der Waals surface area contributed by atoms with Crippen LogP contribution in [0.3, 0.4) is 0 Å². The van der Waals surface area contributed by atoms with Gasteiger partial charge in [0.2, 0.25) is 0 Å². The maximum atomic E-state index is 13.7. The lowest BCUT2D eigenvalue weighted by Gasteiger charge is -2.16. The Kier molecular flexibility index (Phi) is 5.03. The third-order valence-electron chi connectivity index (χ3n) is 4.89. The van der Waals surface area contributed by atoms with Gasteiger partial charge in [0.15, 0.2) is 5.65 Å². The smallest absolute Gasteiger partial charge is 0.280 e. The first-order valence-corrected chi connectivity index (χ1v) is 9.32. The average molecular weight is 410 g/mol. The topological polar surface area (TPSA) is 68.3 Å². The molecule has 0 unspecified atom stereocenters. The van der Waals surface area contributed by atoms with Gasteiger partial charge in [-0.25, -0.2) is 18.3 Å². The second-order valence-corrected chi connectivity index (χ2v) is 7.10. The molecular weight excluding hydrogens is 390 g/mol. The van der Waals surface area contributed by atoms with Crippen molar-refractivity contribution in [1.29, 1.82) is 0 Å². The van der Waals surface area contributed by atoms with E-state index in [1.165, 1.54) is 17.2 Å². The molecule has 0 bridgehead atoms. The van der Waals surface area contributed by atoms with Crippen LogP contribution in [0.4, 0.5) is 8.78 Å². The van der Waals surface area contributed by atoms with E-state index in [0.29, 0.717) is 17.8 Å². The fourth-order valence-electron chi connectivity index (χ4n) is 3.39. The van der Waals surface area contributed by atoms with Gasteiger partial charge in [-0.05, 0) is 13.0 Å². The number of hydrogen-bond donors (Lipinski definition) is 0. The first kappa shape index (κ1) is 19.7. The number of rotatable bonds is 5. The molecule has 1 aromatic carbocycles. The monoisotopic (exact) mass is 410 g/mol. The number of amides is 1. The number of alkyl halides is 2.